The summed E-state index contributed by atoms with van der Waals surface area (Å²) in [6, 6.07) is 0.317. The zero-order chi connectivity index (χ0) is 13.5. The smallest absolute Gasteiger partial charge is 0.221 e. The normalized spacial score (nSPS) is 22.3. The molecule has 0 atom stereocenters. The third-order valence-corrected chi connectivity index (χ3v) is 4.33. The molecule has 1 aliphatic carbocycles. The van der Waals surface area contributed by atoms with E-state index in [4.69, 9.17) is 0 Å². The Morgan fingerprint density at radius 2 is 1.59 bits per heavy atom. The molecule has 0 aromatic rings. The molecule has 1 saturated carbocycles. The maximum Gasteiger partial charge on any atom is 0.221 e. The van der Waals surface area contributed by atoms with Crippen LogP contribution in [-0.2, 0) is 4.79 Å². The number of amides is 1. The van der Waals surface area contributed by atoms with Gasteiger partial charge in [0.2, 0.25) is 5.91 Å². The molecular weight excluding hydrogens is 212 g/mol. The van der Waals surface area contributed by atoms with Crippen molar-refractivity contribution in [3.63, 3.8) is 0 Å². The summed E-state index contributed by atoms with van der Waals surface area (Å²) in [6.45, 7) is 15.9. The molecule has 0 aliphatic heterocycles. The fraction of sp³-hybridized carbons (Fsp3) is 0.929. The van der Waals surface area contributed by atoms with Crippen LogP contribution in [0.1, 0.15) is 54.9 Å². The van der Waals surface area contributed by atoms with Gasteiger partial charge in [0, 0.05) is 24.5 Å². The zero-order valence-corrected chi connectivity index (χ0v) is 12.4. The molecule has 0 bridgehead atoms. The molecule has 1 fully saturated rings. The number of hydrogen-bond donors (Lipinski definition) is 2. The lowest BCUT2D eigenvalue weighted by Gasteiger charge is -2.20. The summed E-state index contributed by atoms with van der Waals surface area (Å²) in [5.41, 5.74) is 0.526. The SMILES string of the molecule is CC(C)(C)NCCC(=O)NC1C(C)(C)C1(C)C. The standard InChI is InChI=1S/C14H28N2O/c1-12(2,3)15-9-8-10(17)16-11-13(4,5)14(11,6)7/h11,15H,8-9H2,1-7H3,(H,16,17). The fourth-order valence-electron chi connectivity index (χ4n) is 2.34. The van der Waals surface area contributed by atoms with Gasteiger partial charge in [-0.1, -0.05) is 27.7 Å². The van der Waals surface area contributed by atoms with Crippen LogP contribution in [-0.4, -0.2) is 24.0 Å². The molecule has 2 N–H and O–H groups in total. The lowest BCUT2D eigenvalue weighted by atomic mass is 10.0. The minimum absolute atomic E-state index is 0.0817. The van der Waals surface area contributed by atoms with Crippen LogP contribution >= 0.6 is 0 Å². The molecule has 1 rings (SSSR count). The van der Waals surface area contributed by atoms with Crippen molar-refractivity contribution in [1.82, 2.24) is 10.6 Å². The summed E-state index contributed by atoms with van der Waals surface area (Å²) < 4.78 is 0. The quantitative estimate of drug-likeness (QED) is 0.792. The summed E-state index contributed by atoms with van der Waals surface area (Å²) in [5.74, 6) is 0.158. The lowest BCUT2D eigenvalue weighted by Crippen LogP contribution is -2.39. The van der Waals surface area contributed by atoms with Crippen molar-refractivity contribution >= 4 is 5.91 Å². The highest BCUT2D eigenvalue weighted by atomic mass is 16.1. The molecule has 17 heavy (non-hydrogen) atoms. The fourth-order valence-corrected chi connectivity index (χ4v) is 2.34. The first-order chi connectivity index (χ1) is 7.48. The van der Waals surface area contributed by atoms with Gasteiger partial charge in [0.25, 0.3) is 0 Å². The van der Waals surface area contributed by atoms with E-state index in [1.165, 1.54) is 0 Å². The molecule has 0 aromatic carbocycles. The molecular formula is C14H28N2O. The van der Waals surface area contributed by atoms with Gasteiger partial charge in [-0.2, -0.15) is 0 Å². The van der Waals surface area contributed by atoms with Crippen molar-refractivity contribution in [2.75, 3.05) is 6.54 Å². The van der Waals surface area contributed by atoms with Gasteiger partial charge in [-0.05, 0) is 31.6 Å². The van der Waals surface area contributed by atoms with Gasteiger partial charge in [-0.25, -0.2) is 0 Å². The Morgan fingerprint density at radius 1 is 1.12 bits per heavy atom. The Balaban J connectivity index is 2.29. The van der Waals surface area contributed by atoms with Crippen molar-refractivity contribution in [3.05, 3.63) is 0 Å². The van der Waals surface area contributed by atoms with E-state index < -0.39 is 0 Å². The van der Waals surface area contributed by atoms with E-state index in [2.05, 4.69) is 59.1 Å². The second kappa shape index (κ2) is 4.27. The van der Waals surface area contributed by atoms with Crippen LogP contribution in [0.3, 0.4) is 0 Å². The van der Waals surface area contributed by atoms with Crippen LogP contribution < -0.4 is 10.6 Å². The molecule has 3 nitrogen and oxygen atoms in total. The van der Waals surface area contributed by atoms with Gasteiger partial charge in [0.05, 0.1) is 0 Å². The number of carbonyl (C=O) groups excluding carboxylic acids is 1. The van der Waals surface area contributed by atoms with E-state index in [-0.39, 0.29) is 22.3 Å². The van der Waals surface area contributed by atoms with E-state index in [1.807, 2.05) is 0 Å². The van der Waals surface area contributed by atoms with E-state index in [0.29, 0.717) is 12.5 Å². The molecule has 1 amide bonds. The van der Waals surface area contributed by atoms with Crippen molar-refractivity contribution in [1.29, 1.82) is 0 Å². The Hall–Kier alpha value is -0.570. The summed E-state index contributed by atoms with van der Waals surface area (Å²) in [7, 11) is 0. The minimum Gasteiger partial charge on any atom is -0.352 e. The average Bonchev–Trinajstić information content (AvgIpc) is 2.45. The van der Waals surface area contributed by atoms with Crippen LogP contribution in [0.15, 0.2) is 0 Å². The van der Waals surface area contributed by atoms with E-state index >= 15 is 0 Å². The predicted molar refractivity (Wildman–Crippen MR) is 71.9 cm³/mol. The first kappa shape index (κ1) is 14.5. The van der Waals surface area contributed by atoms with Gasteiger partial charge >= 0.3 is 0 Å². The van der Waals surface area contributed by atoms with Crippen molar-refractivity contribution in [3.8, 4) is 0 Å². The Kier molecular flexibility index (Phi) is 3.64. The zero-order valence-electron chi connectivity index (χ0n) is 12.4. The monoisotopic (exact) mass is 240 g/mol. The highest BCUT2D eigenvalue weighted by molar-refractivity contribution is 5.77. The van der Waals surface area contributed by atoms with Crippen LogP contribution in [0.4, 0.5) is 0 Å². The molecule has 0 spiro atoms. The molecule has 0 unspecified atom stereocenters. The Morgan fingerprint density at radius 3 is 1.94 bits per heavy atom. The predicted octanol–water partition coefficient (Wildman–Crippen LogP) is 2.32. The van der Waals surface area contributed by atoms with Crippen molar-refractivity contribution in [2.24, 2.45) is 10.8 Å². The molecule has 0 heterocycles. The summed E-state index contributed by atoms with van der Waals surface area (Å²) in [5, 5.41) is 6.47. The second-order valence-corrected chi connectivity index (χ2v) is 7.37. The van der Waals surface area contributed by atoms with Gasteiger partial charge in [-0.15, -0.1) is 0 Å². The van der Waals surface area contributed by atoms with Crippen LogP contribution in [0, 0.1) is 10.8 Å². The van der Waals surface area contributed by atoms with Gasteiger partial charge in [0.15, 0.2) is 0 Å². The van der Waals surface area contributed by atoms with Crippen molar-refractivity contribution < 1.29 is 4.79 Å². The minimum atomic E-state index is 0.0817. The molecule has 0 saturated heterocycles. The highest BCUT2D eigenvalue weighted by Crippen LogP contribution is 2.62. The van der Waals surface area contributed by atoms with Crippen molar-refractivity contribution in [2.45, 2.75) is 66.5 Å². The summed E-state index contributed by atoms with van der Waals surface area (Å²) >= 11 is 0. The van der Waals surface area contributed by atoms with Gasteiger partial charge in [-0.3, -0.25) is 4.79 Å². The summed E-state index contributed by atoms with van der Waals surface area (Å²) in [6.07, 6.45) is 0.555. The largest absolute Gasteiger partial charge is 0.352 e. The maximum absolute atomic E-state index is 11.8. The highest BCUT2D eigenvalue weighted by Gasteiger charge is 2.65. The number of rotatable bonds is 4. The molecule has 1 aliphatic rings. The van der Waals surface area contributed by atoms with Crippen LogP contribution in [0.2, 0.25) is 0 Å². The van der Waals surface area contributed by atoms with Crippen LogP contribution in [0.5, 0.6) is 0 Å². The average molecular weight is 240 g/mol. The molecule has 3 heteroatoms. The molecule has 0 aromatic heterocycles. The molecule has 0 radical (unpaired) electrons. The topological polar surface area (TPSA) is 41.1 Å². The van der Waals surface area contributed by atoms with E-state index in [9.17, 15) is 4.79 Å². The first-order valence-electron chi connectivity index (χ1n) is 6.53. The number of hydrogen-bond acceptors (Lipinski definition) is 2. The third-order valence-electron chi connectivity index (χ3n) is 4.33. The van der Waals surface area contributed by atoms with Gasteiger partial charge in [0.1, 0.15) is 0 Å². The van der Waals surface area contributed by atoms with Gasteiger partial charge < -0.3 is 10.6 Å². The Labute approximate surface area is 106 Å². The second-order valence-electron chi connectivity index (χ2n) is 7.37. The van der Waals surface area contributed by atoms with E-state index in [0.717, 1.165) is 6.54 Å². The number of carbonyl (C=O) groups is 1. The Bertz CT molecular complexity index is 286. The summed E-state index contributed by atoms with van der Waals surface area (Å²) in [4.78, 5) is 11.8. The maximum atomic E-state index is 11.8. The third kappa shape index (κ3) is 3.21. The molecule has 100 valence electrons. The first-order valence-corrected chi connectivity index (χ1v) is 6.53. The van der Waals surface area contributed by atoms with Crippen LogP contribution in [0.25, 0.3) is 0 Å². The number of nitrogens with one attached hydrogen (secondary N) is 2. The lowest BCUT2D eigenvalue weighted by molar-refractivity contribution is -0.121. The van der Waals surface area contributed by atoms with E-state index in [1.54, 1.807) is 0 Å².